The van der Waals surface area contributed by atoms with Crippen molar-refractivity contribution in [3.05, 3.63) is 59.7 Å². The van der Waals surface area contributed by atoms with Gasteiger partial charge in [0.05, 0.1) is 17.9 Å². The van der Waals surface area contributed by atoms with Gasteiger partial charge in [-0.15, -0.1) is 0 Å². The Hall–Kier alpha value is -2.82. The summed E-state index contributed by atoms with van der Waals surface area (Å²) >= 11 is 0. The lowest BCUT2D eigenvalue weighted by Gasteiger charge is -2.14. The minimum Gasteiger partial charge on any atom is -0.507 e. The third-order valence-electron chi connectivity index (χ3n) is 3.34. The Balaban J connectivity index is 2.06. The van der Waals surface area contributed by atoms with Crippen LogP contribution in [0.25, 0.3) is 0 Å². The van der Waals surface area contributed by atoms with Crippen LogP contribution in [0.4, 0.5) is 0 Å². The second kappa shape index (κ2) is 7.98. The van der Waals surface area contributed by atoms with Gasteiger partial charge in [-0.25, -0.2) is 5.43 Å². The highest BCUT2D eigenvalue weighted by Crippen LogP contribution is 2.18. The Morgan fingerprint density at radius 2 is 1.96 bits per heavy atom. The van der Waals surface area contributed by atoms with E-state index < -0.39 is 5.91 Å². The molecular formula is C18H20N2O3. The molecule has 0 saturated carbocycles. The van der Waals surface area contributed by atoms with Crippen molar-refractivity contribution in [2.75, 3.05) is 0 Å². The summed E-state index contributed by atoms with van der Waals surface area (Å²) in [5.74, 6) is 0.155. The number of ether oxygens (including phenoxy) is 1. The van der Waals surface area contributed by atoms with Crippen molar-refractivity contribution in [1.82, 2.24) is 5.43 Å². The van der Waals surface area contributed by atoms with Crippen molar-refractivity contribution in [3.63, 3.8) is 0 Å². The highest BCUT2D eigenvalue weighted by Gasteiger charge is 2.09. The molecule has 0 aliphatic heterocycles. The van der Waals surface area contributed by atoms with Crippen molar-refractivity contribution in [3.8, 4) is 11.5 Å². The fourth-order valence-corrected chi connectivity index (χ4v) is 1.88. The van der Waals surface area contributed by atoms with E-state index in [4.69, 9.17) is 4.74 Å². The number of rotatable bonds is 6. The minimum atomic E-state index is -0.473. The molecule has 120 valence electrons. The zero-order chi connectivity index (χ0) is 16.7. The number of aromatic hydroxyl groups is 1. The van der Waals surface area contributed by atoms with E-state index in [2.05, 4.69) is 10.5 Å². The maximum absolute atomic E-state index is 11.9. The van der Waals surface area contributed by atoms with E-state index in [1.807, 2.05) is 38.1 Å². The molecule has 1 amide bonds. The molecule has 5 nitrogen and oxygen atoms in total. The molecule has 23 heavy (non-hydrogen) atoms. The number of phenols is 1. The van der Waals surface area contributed by atoms with Crippen LogP contribution in [0.1, 0.15) is 36.2 Å². The van der Waals surface area contributed by atoms with Crippen molar-refractivity contribution in [1.29, 1.82) is 0 Å². The van der Waals surface area contributed by atoms with Crippen LogP contribution in [0, 0.1) is 0 Å². The molecule has 0 fully saturated rings. The number of para-hydroxylation sites is 2. The second-order valence-corrected chi connectivity index (χ2v) is 5.09. The molecule has 0 aliphatic carbocycles. The zero-order valence-corrected chi connectivity index (χ0v) is 13.2. The quantitative estimate of drug-likeness (QED) is 0.635. The number of nitrogens with one attached hydrogen (secondary N) is 1. The second-order valence-electron chi connectivity index (χ2n) is 5.09. The summed E-state index contributed by atoms with van der Waals surface area (Å²) < 4.78 is 5.81. The van der Waals surface area contributed by atoms with Gasteiger partial charge in [0.25, 0.3) is 5.91 Å². The van der Waals surface area contributed by atoms with Gasteiger partial charge < -0.3 is 9.84 Å². The largest absolute Gasteiger partial charge is 0.507 e. The smallest absolute Gasteiger partial charge is 0.275 e. The maximum atomic E-state index is 11.9. The lowest BCUT2D eigenvalue weighted by atomic mass is 10.2. The molecule has 0 spiro atoms. The van der Waals surface area contributed by atoms with E-state index in [1.54, 1.807) is 12.1 Å². The van der Waals surface area contributed by atoms with Crippen molar-refractivity contribution in [2.45, 2.75) is 26.4 Å². The van der Waals surface area contributed by atoms with Crippen molar-refractivity contribution >= 4 is 12.1 Å². The number of carbonyl (C=O) groups excluding carboxylic acids is 1. The Morgan fingerprint density at radius 3 is 2.70 bits per heavy atom. The molecule has 1 atom stereocenters. The molecule has 0 bridgehead atoms. The topological polar surface area (TPSA) is 70.9 Å². The highest BCUT2D eigenvalue weighted by atomic mass is 16.5. The van der Waals surface area contributed by atoms with Crippen LogP contribution in [0.5, 0.6) is 11.5 Å². The van der Waals surface area contributed by atoms with Gasteiger partial charge in [0.1, 0.15) is 11.5 Å². The van der Waals surface area contributed by atoms with E-state index in [0.29, 0.717) is 5.75 Å². The van der Waals surface area contributed by atoms with Gasteiger partial charge in [-0.05, 0) is 37.6 Å². The third-order valence-corrected chi connectivity index (χ3v) is 3.34. The molecule has 0 aromatic heterocycles. The number of amides is 1. The van der Waals surface area contributed by atoms with Crippen LogP contribution >= 0.6 is 0 Å². The molecule has 0 unspecified atom stereocenters. The average molecular weight is 312 g/mol. The molecule has 0 radical (unpaired) electrons. The van der Waals surface area contributed by atoms with Gasteiger partial charge in [-0.1, -0.05) is 31.2 Å². The van der Waals surface area contributed by atoms with E-state index in [9.17, 15) is 9.90 Å². The highest BCUT2D eigenvalue weighted by molar-refractivity contribution is 5.97. The fourth-order valence-electron chi connectivity index (χ4n) is 1.88. The van der Waals surface area contributed by atoms with Crippen LogP contribution in [0.3, 0.4) is 0 Å². The van der Waals surface area contributed by atoms with Crippen molar-refractivity contribution in [2.24, 2.45) is 5.10 Å². The number of carbonyl (C=O) groups is 1. The summed E-state index contributed by atoms with van der Waals surface area (Å²) in [6.45, 7) is 4.04. The first-order valence-corrected chi connectivity index (χ1v) is 7.49. The predicted octanol–water partition coefficient (Wildman–Crippen LogP) is 3.33. The number of phenolic OH excluding ortho intramolecular Hbond substituents is 1. The van der Waals surface area contributed by atoms with Crippen LogP contribution in [-0.2, 0) is 0 Å². The average Bonchev–Trinajstić information content (AvgIpc) is 2.56. The molecule has 0 heterocycles. The number of benzene rings is 2. The summed E-state index contributed by atoms with van der Waals surface area (Å²) in [4.78, 5) is 11.9. The first-order chi connectivity index (χ1) is 11.1. The third kappa shape index (κ3) is 4.57. The lowest BCUT2D eigenvalue weighted by Crippen LogP contribution is -2.18. The first kappa shape index (κ1) is 16.5. The number of hydrazone groups is 1. The molecule has 2 aromatic rings. The molecule has 2 aromatic carbocycles. The number of hydrogen-bond acceptors (Lipinski definition) is 4. The lowest BCUT2D eigenvalue weighted by molar-refractivity contribution is 0.0952. The molecule has 0 aliphatic rings. The van der Waals surface area contributed by atoms with E-state index >= 15 is 0 Å². The molecule has 0 saturated heterocycles. The fraction of sp³-hybridized carbons (Fsp3) is 0.222. The van der Waals surface area contributed by atoms with Gasteiger partial charge in [-0.2, -0.15) is 5.10 Å². The van der Waals surface area contributed by atoms with Crippen LogP contribution < -0.4 is 10.2 Å². The van der Waals surface area contributed by atoms with Crippen LogP contribution in [-0.4, -0.2) is 23.3 Å². The number of hydrogen-bond donors (Lipinski definition) is 2. The summed E-state index contributed by atoms with van der Waals surface area (Å²) in [5.41, 5.74) is 3.34. The first-order valence-electron chi connectivity index (χ1n) is 7.49. The summed E-state index contributed by atoms with van der Waals surface area (Å²) in [6, 6.07) is 13.8. The van der Waals surface area contributed by atoms with E-state index in [1.165, 1.54) is 18.3 Å². The Labute approximate surface area is 135 Å². The SMILES string of the molecule is CC[C@@H](C)Oc1ccccc1/C=N/NC(=O)c1ccccc1O. The minimum absolute atomic E-state index is 0.0827. The monoisotopic (exact) mass is 312 g/mol. The summed E-state index contributed by atoms with van der Waals surface area (Å²) in [5, 5.41) is 13.6. The normalized spacial score (nSPS) is 12.1. The standard InChI is InChI=1S/C18H20N2O3/c1-3-13(2)23-17-11-7-4-8-14(17)12-19-20-18(22)15-9-5-6-10-16(15)21/h4-13,21H,3H2,1-2H3,(H,20,22)/b19-12+/t13-/m1/s1. The van der Waals surface area contributed by atoms with Gasteiger partial charge in [0.2, 0.25) is 0 Å². The van der Waals surface area contributed by atoms with Gasteiger partial charge in [0, 0.05) is 5.56 Å². The van der Waals surface area contributed by atoms with Gasteiger partial charge in [-0.3, -0.25) is 4.79 Å². The van der Waals surface area contributed by atoms with Gasteiger partial charge in [0.15, 0.2) is 0 Å². The number of nitrogens with zero attached hydrogens (tertiary/aromatic N) is 1. The molecular weight excluding hydrogens is 292 g/mol. The Morgan fingerprint density at radius 1 is 1.26 bits per heavy atom. The Kier molecular flexibility index (Phi) is 5.74. The summed E-state index contributed by atoms with van der Waals surface area (Å²) in [6.07, 6.45) is 2.52. The summed E-state index contributed by atoms with van der Waals surface area (Å²) in [7, 11) is 0. The van der Waals surface area contributed by atoms with Crippen LogP contribution in [0.2, 0.25) is 0 Å². The maximum Gasteiger partial charge on any atom is 0.275 e. The van der Waals surface area contributed by atoms with Crippen LogP contribution in [0.15, 0.2) is 53.6 Å². The molecule has 2 rings (SSSR count). The Bertz CT molecular complexity index is 698. The van der Waals surface area contributed by atoms with Crippen molar-refractivity contribution < 1.29 is 14.6 Å². The predicted molar refractivity (Wildman–Crippen MR) is 90.0 cm³/mol. The van der Waals surface area contributed by atoms with E-state index in [-0.39, 0.29) is 17.4 Å². The molecule has 5 heteroatoms. The van der Waals surface area contributed by atoms with Gasteiger partial charge >= 0.3 is 0 Å². The molecule has 2 N–H and O–H groups in total. The zero-order valence-electron chi connectivity index (χ0n) is 13.2. The van der Waals surface area contributed by atoms with E-state index in [0.717, 1.165) is 12.0 Å².